The Kier molecular flexibility index (Phi) is 3.52. The summed E-state index contributed by atoms with van der Waals surface area (Å²) in [5.41, 5.74) is 5.62. The molecule has 0 N–H and O–H groups in total. The van der Waals surface area contributed by atoms with Gasteiger partial charge in [-0.25, -0.2) is 4.98 Å². The monoisotopic (exact) mass is 411 g/mol. The lowest BCUT2D eigenvalue weighted by molar-refractivity contribution is 0.673. The molecule has 0 saturated carbocycles. The molecule has 0 unspecified atom stereocenters. The van der Waals surface area contributed by atoms with Crippen molar-refractivity contribution in [1.82, 2.24) is 14.5 Å². The van der Waals surface area contributed by atoms with Gasteiger partial charge in [-0.05, 0) is 35.7 Å². The Morgan fingerprint density at radius 3 is 2.41 bits per heavy atom. The smallest absolute Gasteiger partial charge is 0.149 e. The predicted octanol–water partition coefficient (Wildman–Crippen LogP) is 7.14. The molecule has 0 aliphatic rings. The van der Waals surface area contributed by atoms with E-state index in [1.165, 1.54) is 5.39 Å². The van der Waals surface area contributed by atoms with Gasteiger partial charge in [0.2, 0.25) is 0 Å². The van der Waals surface area contributed by atoms with Gasteiger partial charge < -0.3 is 4.42 Å². The van der Waals surface area contributed by atoms with Gasteiger partial charge in [-0.1, -0.05) is 60.7 Å². The summed E-state index contributed by atoms with van der Waals surface area (Å²) >= 11 is 0. The van der Waals surface area contributed by atoms with Gasteiger partial charge in [0, 0.05) is 28.0 Å². The van der Waals surface area contributed by atoms with Crippen LogP contribution in [0, 0.1) is 0 Å². The van der Waals surface area contributed by atoms with E-state index in [1.807, 2.05) is 30.5 Å². The van der Waals surface area contributed by atoms with Crippen molar-refractivity contribution in [3.05, 3.63) is 103 Å². The molecular weight excluding hydrogens is 394 g/mol. The molecule has 3 aromatic heterocycles. The third kappa shape index (κ3) is 2.38. The molecule has 0 bridgehead atoms. The lowest BCUT2D eigenvalue weighted by Crippen LogP contribution is -1.97. The molecule has 0 aliphatic carbocycles. The number of para-hydroxylation sites is 2. The second-order valence-corrected chi connectivity index (χ2v) is 7.92. The summed E-state index contributed by atoms with van der Waals surface area (Å²) in [5, 5.41) is 4.49. The van der Waals surface area contributed by atoms with E-state index in [0.29, 0.717) is 0 Å². The number of furan rings is 1. The first-order valence-electron chi connectivity index (χ1n) is 10.6. The predicted molar refractivity (Wildman–Crippen MR) is 129 cm³/mol. The zero-order chi connectivity index (χ0) is 21.1. The first-order chi connectivity index (χ1) is 15.9. The van der Waals surface area contributed by atoms with Crippen molar-refractivity contribution in [2.24, 2.45) is 0 Å². The molecule has 4 heteroatoms. The highest BCUT2D eigenvalue weighted by Gasteiger charge is 2.20. The number of imidazole rings is 1. The third-order valence-electron chi connectivity index (χ3n) is 6.10. The van der Waals surface area contributed by atoms with E-state index in [1.54, 1.807) is 6.20 Å². The van der Waals surface area contributed by atoms with Gasteiger partial charge in [0.1, 0.15) is 17.0 Å². The number of benzene rings is 4. The maximum absolute atomic E-state index is 6.57. The van der Waals surface area contributed by atoms with Crippen LogP contribution in [-0.4, -0.2) is 14.5 Å². The minimum absolute atomic E-state index is 0.841. The number of hydrogen-bond acceptors (Lipinski definition) is 3. The first-order valence-corrected chi connectivity index (χ1v) is 10.6. The Bertz CT molecular complexity index is 1780. The summed E-state index contributed by atoms with van der Waals surface area (Å²) < 4.78 is 8.72. The molecule has 0 aliphatic heterocycles. The van der Waals surface area contributed by atoms with Gasteiger partial charge >= 0.3 is 0 Å². The molecule has 0 fully saturated rings. The van der Waals surface area contributed by atoms with Gasteiger partial charge in [0.25, 0.3) is 0 Å². The summed E-state index contributed by atoms with van der Waals surface area (Å²) in [6.45, 7) is 0. The van der Waals surface area contributed by atoms with Crippen LogP contribution in [0.1, 0.15) is 0 Å². The Balaban J connectivity index is 1.61. The zero-order valence-corrected chi connectivity index (χ0v) is 17.1. The van der Waals surface area contributed by atoms with Crippen LogP contribution in [0.25, 0.3) is 60.8 Å². The van der Waals surface area contributed by atoms with Crippen LogP contribution in [0.2, 0.25) is 0 Å². The Labute approximate surface area is 183 Å². The van der Waals surface area contributed by atoms with E-state index in [0.717, 1.165) is 55.4 Å². The minimum atomic E-state index is 0.841. The van der Waals surface area contributed by atoms with Crippen LogP contribution in [0.15, 0.2) is 108 Å². The fraction of sp³-hybridized carbons (Fsp3) is 0. The SMILES string of the molecule is c1ccc(-n2c(-c3cccc4c3oc3c5ccccc5ccc43)nc3ccncc32)cc1. The summed E-state index contributed by atoms with van der Waals surface area (Å²) in [6.07, 6.45) is 3.65. The quantitative estimate of drug-likeness (QED) is 0.304. The number of rotatable bonds is 2. The fourth-order valence-electron chi connectivity index (χ4n) is 4.65. The molecule has 0 radical (unpaired) electrons. The molecule has 150 valence electrons. The van der Waals surface area contributed by atoms with Crippen molar-refractivity contribution >= 4 is 43.7 Å². The van der Waals surface area contributed by atoms with E-state index in [-0.39, 0.29) is 0 Å². The molecule has 0 saturated heterocycles. The molecule has 0 amide bonds. The van der Waals surface area contributed by atoms with E-state index < -0.39 is 0 Å². The van der Waals surface area contributed by atoms with Crippen LogP contribution in [0.4, 0.5) is 0 Å². The molecular formula is C28H17N3O. The summed E-state index contributed by atoms with van der Waals surface area (Å²) in [7, 11) is 0. The highest BCUT2D eigenvalue weighted by molar-refractivity contribution is 6.17. The van der Waals surface area contributed by atoms with Crippen molar-refractivity contribution in [3.63, 3.8) is 0 Å². The van der Waals surface area contributed by atoms with Crippen LogP contribution >= 0.6 is 0 Å². The van der Waals surface area contributed by atoms with Crippen molar-refractivity contribution in [2.45, 2.75) is 0 Å². The molecule has 0 atom stereocenters. The van der Waals surface area contributed by atoms with Gasteiger partial charge in [0.05, 0.1) is 22.8 Å². The van der Waals surface area contributed by atoms with Gasteiger partial charge in [-0.2, -0.15) is 0 Å². The number of hydrogen-bond donors (Lipinski definition) is 0. The first kappa shape index (κ1) is 17.3. The van der Waals surface area contributed by atoms with Crippen molar-refractivity contribution < 1.29 is 4.42 Å². The van der Waals surface area contributed by atoms with E-state index >= 15 is 0 Å². The van der Waals surface area contributed by atoms with Crippen molar-refractivity contribution in [1.29, 1.82) is 0 Å². The van der Waals surface area contributed by atoms with Gasteiger partial charge in [-0.15, -0.1) is 0 Å². The fourth-order valence-corrected chi connectivity index (χ4v) is 4.65. The topological polar surface area (TPSA) is 43.9 Å². The van der Waals surface area contributed by atoms with Gasteiger partial charge in [-0.3, -0.25) is 9.55 Å². The second kappa shape index (κ2) is 6.53. The van der Waals surface area contributed by atoms with Gasteiger partial charge in [0.15, 0.2) is 0 Å². The molecule has 4 nitrogen and oxygen atoms in total. The number of aromatic nitrogens is 3. The average molecular weight is 411 g/mol. The van der Waals surface area contributed by atoms with Crippen LogP contribution in [0.5, 0.6) is 0 Å². The molecule has 3 heterocycles. The molecule has 32 heavy (non-hydrogen) atoms. The molecule has 4 aromatic carbocycles. The normalized spacial score (nSPS) is 11.8. The maximum Gasteiger partial charge on any atom is 0.149 e. The molecule has 0 spiro atoms. The number of nitrogens with zero attached hydrogens (tertiary/aromatic N) is 3. The van der Waals surface area contributed by atoms with Crippen molar-refractivity contribution in [3.8, 4) is 17.1 Å². The standard InChI is InChI=1S/C28H17N3O/c1-2-8-19(9-3-1)31-25-17-29-16-15-24(25)30-28(31)23-12-6-11-21-22-14-13-18-7-4-5-10-20(18)26(22)32-27(21)23/h1-17H. The van der Waals surface area contributed by atoms with Crippen molar-refractivity contribution in [2.75, 3.05) is 0 Å². The summed E-state index contributed by atoms with van der Waals surface area (Å²) in [6, 6.07) is 31.1. The van der Waals surface area contributed by atoms with Crippen LogP contribution < -0.4 is 0 Å². The van der Waals surface area contributed by atoms with E-state index in [2.05, 4.69) is 76.3 Å². The van der Waals surface area contributed by atoms with E-state index in [4.69, 9.17) is 9.40 Å². The van der Waals surface area contributed by atoms with E-state index in [9.17, 15) is 0 Å². The summed E-state index contributed by atoms with van der Waals surface area (Å²) in [4.78, 5) is 9.36. The van der Waals surface area contributed by atoms with Crippen LogP contribution in [-0.2, 0) is 0 Å². The highest BCUT2D eigenvalue weighted by Crippen LogP contribution is 2.39. The minimum Gasteiger partial charge on any atom is -0.455 e. The lowest BCUT2D eigenvalue weighted by atomic mass is 10.0. The van der Waals surface area contributed by atoms with Crippen LogP contribution in [0.3, 0.4) is 0 Å². The lowest BCUT2D eigenvalue weighted by Gasteiger charge is -2.09. The molecule has 7 aromatic rings. The Hall–Kier alpha value is -4.44. The summed E-state index contributed by atoms with van der Waals surface area (Å²) in [5.74, 6) is 0.841. The maximum atomic E-state index is 6.57. The zero-order valence-electron chi connectivity index (χ0n) is 17.1. The Morgan fingerprint density at radius 1 is 0.656 bits per heavy atom. The highest BCUT2D eigenvalue weighted by atomic mass is 16.3. The largest absolute Gasteiger partial charge is 0.455 e. The second-order valence-electron chi connectivity index (χ2n) is 7.92. The number of pyridine rings is 1. The average Bonchev–Trinajstić information content (AvgIpc) is 3.43. The molecule has 7 rings (SSSR count). The number of fused-ring (bicyclic) bond motifs is 6. The third-order valence-corrected chi connectivity index (χ3v) is 6.10. The Morgan fingerprint density at radius 2 is 1.47 bits per heavy atom.